The molecular weight excluding hydrogens is 232 g/mol. The van der Waals surface area contributed by atoms with Crippen molar-refractivity contribution in [1.29, 1.82) is 0 Å². The second-order valence-corrected chi connectivity index (χ2v) is 4.60. The zero-order valence-electron chi connectivity index (χ0n) is 9.24. The molecule has 84 valence electrons. The van der Waals surface area contributed by atoms with E-state index in [9.17, 15) is 0 Å². The van der Waals surface area contributed by atoms with Crippen molar-refractivity contribution in [3.8, 4) is 15.7 Å². The van der Waals surface area contributed by atoms with Gasteiger partial charge < -0.3 is 0 Å². The maximum atomic E-state index is 4.22. The van der Waals surface area contributed by atoms with Crippen molar-refractivity contribution in [2.75, 3.05) is 0 Å². The molecule has 0 fully saturated rings. The van der Waals surface area contributed by atoms with E-state index in [1.54, 1.807) is 10.9 Å². The number of rotatable bonds is 2. The van der Waals surface area contributed by atoms with Crippen LogP contribution in [0.2, 0.25) is 0 Å². The lowest BCUT2D eigenvalue weighted by Crippen LogP contribution is -1.97. The minimum Gasteiger partial charge on any atom is -0.209 e. The average molecular weight is 242 g/mol. The van der Waals surface area contributed by atoms with Crippen LogP contribution in [-0.4, -0.2) is 20.0 Å². The van der Waals surface area contributed by atoms with Gasteiger partial charge in [0.25, 0.3) is 0 Å². The lowest BCUT2D eigenvalue weighted by atomic mass is 10.2. The molecule has 0 saturated heterocycles. The quantitative estimate of drug-likeness (QED) is 0.694. The maximum Gasteiger partial charge on any atom is 0.233 e. The summed E-state index contributed by atoms with van der Waals surface area (Å²) in [4.78, 5) is 0. The van der Waals surface area contributed by atoms with Gasteiger partial charge in [0.2, 0.25) is 5.13 Å². The number of hydrogen-bond donors (Lipinski definition) is 0. The van der Waals surface area contributed by atoms with Crippen LogP contribution in [0.15, 0.2) is 42.6 Å². The van der Waals surface area contributed by atoms with Crippen LogP contribution < -0.4 is 0 Å². The smallest absolute Gasteiger partial charge is 0.209 e. The molecule has 2 heterocycles. The van der Waals surface area contributed by atoms with E-state index in [1.807, 2.05) is 43.3 Å². The molecule has 3 aromatic rings. The van der Waals surface area contributed by atoms with Gasteiger partial charge >= 0.3 is 0 Å². The van der Waals surface area contributed by atoms with Gasteiger partial charge in [-0.3, -0.25) is 0 Å². The second-order valence-electron chi connectivity index (χ2n) is 3.64. The molecule has 0 atom stereocenters. The molecule has 3 rings (SSSR count). The largest absolute Gasteiger partial charge is 0.233 e. The van der Waals surface area contributed by atoms with Crippen LogP contribution in [-0.2, 0) is 0 Å². The number of nitrogens with zero attached hydrogens (tertiary/aromatic N) is 4. The topological polar surface area (TPSA) is 43.6 Å². The van der Waals surface area contributed by atoms with E-state index in [2.05, 4.69) is 15.3 Å². The fourth-order valence-corrected chi connectivity index (χ4v) is 2.44. The van der Waals surface area contributed by atoms with E-state index in [0.717, 1.165) is 21.4 Å². The van der Waals surface area contributed by atoms with E-state index in [-0.39, 0.29) is 0 Å². The molecule has 0 saturated carbocycles. The molecule has 4 nitrogen and oxygen atoms in total. The van der Waals surface area contributed by atoms with Crippen LogP contribution in [0.4, 0.5) is 0 Å². The molecular formula is C12H10N4S. The molecule has 5 heteroatoms. The molecule has 1 aromatic carbocycles. The van der Waals surface area contributed by atoms with Crippen molar-refractivity contribution in [2.24, 2.45) is 0 Å². The van der Waals surface area contributed by atoms with Crippen LogP contribution in [0.25, 0.3) is 15.7 Å². The van der Waals surface area contributed by atoms with Gasteiger partial charge in [-0.05, 0) is 13.0 Å². The predicted octanol–water partition coefficient (Wildman–Crippen LogP) is 2.70. The van der Waals surface area contributed by atoms with Crippen molar-refractivity contribution >= 4 is 11.3 Å². The number of aryl methyl sites for hydroxylation is 1. The molecule has 2 aromatic heterocycles. The van der Waals surface area contributed by atoms with Crippen molar-refractivity contribution in [1.82, 2.24) is 20.0 Å². The fourth-order valence-electron chi connectivity index (χ4n) is 1.57. The standard InChI is InChI=1S/C12H10N4S/c1-9-7-8-13-16(9)12-15-14-11(17-12)10-5-3-2-4-6-10/h2-8H,1H3. The number of hydrogen-bond acceptors (Lipinski definition) is 4. The van der Waals surface area contributed by atoms with E-state index in [4.69, 9.17) is 0 Å². The highest BCUT2D eigenvalue weighted by Crippen LogP contribution is 2.25. The third kappa shape index (κ3) is 1.85. The van der Waals surface area contributed by atoms with E-state index < -0.39 is 0 Å². The Labute approximate surface area is 103 Å². The second kappa shape index (κ2) is 4.10. The summed E-state index contributed by atoms with van der Waals surface area (Å²) in [7, 11) is 0. The molecule has 0 aliphatic heterocycles. The van der Waals surface area contributed by atoms with E-state index in [0.29, 0.717) is 0 Å². The van der Waals surface area contributed by atoms with Gasteiger partial charge in [0.1, 0.15) is 5.01 Å². The van der Waals surface area contributed by atoms with E-state index in [1.165, 1.54) is 11.3 Å². The third-order valence-corrected chi connectivity index (χ3v) is 3.40. The Morgan fingerprint density at radius 1 is 1.06 bits per heavy atom. The summed E-state index contributed by atoms with van der Waals surface area (Å²) in [6, 6.07) is 12.0. The Bertz CT molecular complexity index is 627. The lowest BCUT2D eigenvalue weighted by Gasteiger charge is -1.95. The first kappa shape index (κ1) is 10.2. The summed E-state index contributed by atoms with van der Waals surface area (Å²) in [5.41, 5.74) is 2.14. The summed E-state index contributed by atoms with van der Waals surface area (Å²) in [6.07, 6.45) is 1.76. The van der Waals surface area contributed by atoms with E-state index >= 15 is 0 Å². The highest BCUT2D eigenvalue weighted by molar-refractivity contribution is 7.17. The summed E-state index contributed by atoms with van der Waals surface area (Å²) >= 11 is 1.54. The van der Waals surface area contributed by atoms with Crippen LogP contribution in [0.3, 0.4) is 0 Å². The van der Waals surface area contributed by atoms with Crippen LogP contribution in [0, 0.1) is 6.92 Å². The minimum atomic E-state index is 0.798. The van der Waals surface area contributed by atoms with Gasteiger partial charge in [-0.2, -0.15) is 5.10 Å². The summed E-state index contributed by atoms with van der Waals surface area (Å²) in [5.74, 6) is 0. The van der Waals surface area contributed by atoms with Crippen molar-refractivity contribution in [2.45, 2.75) is 6.92 Å². The van der Waals surface area contributed by atoms with Gasteiger partial charge in [0.15, 0.2) is 0 Å². The van der Waals surface area contributed by atoms with Gasteiger partial charge in [0.05, 0.1) is 0 Å². The first-order valence-electron chi connectivity index (χ1n) is 5.24. The zero-order valence-corrected chi connectivity index (χ0v) is 10.1. The minimum absolute atomic E-state index is 0.798. The maximum absolute atomic E-state index is 4.22. The summed E-state index contributed by atoms with van der Waals surface area (Å²) in [5, 5.41) is 14.3. The summed E-state index contributed by atoms with van der Waals surface area (Å²) in [6.45, 7) is 2.00. The van der Waals surface area contributed by atoms with Crippen molar-refractivity contribution in [3.63, 3.8) is 0 Å². The molecule has 0 amide bonds. The summed E-state index contributed by atoms with van der Waals surface area (Å²) < 4.78 is 1.80. The van der Waals surface area contributed by atoms with Crippen LogP contribution >= 0.6 is 11.3 Å². The fraction of sp³-hybridized carbons (Fsp3) is 0.0833. The Morgan fingerprint density at radius 3 is 2.59 bits per heavy atom. The lowest BCUT2D eigenvalue weighted by molar-refractivity contribution is 0.819. The molecule has 0 aliphatic rings. The predicted molar refractivity (Wildman–Crippen MR) is 67.2 cm³/mol. The molecule has 0 bridgehead atoms. The van der Waals surface area contributed by atoms with Crippen LogP contribution in [0.5, 0.6) is 0 Å². The normalized spacial score (nSPS) is 10.6. The first-order chi connectivity index (χ1) is 8.34. The Balaban J connectivity index is 2.02. The molecule has 0 unspecified atom stereocenters. The molecule has 0 aliphatic carbocycles. The Kier molecular flexibility index (Phi) is 2.45. The third-order valence-electron chi connectivity index (χ3n) is 2.45. The van der Waals surface area contributed by atoms with Crippen molar-refractivity contribution < 1.29 is 0 Å². The number of benzene rings is 1. The highest BCUT2D eigenvalue weighted by Gasteiger charge is 2.09. The average Bonchev–Trinajstić information content (AvgIpc) is 2.98. The monoisotopic (exact) mass is 242 g/mol. The van der Waals surface area contributed by atoms with Gasteiger partial charge in [0, 0.05) is 17.5 Å². The molecule has 0 spiro atoms. The first-order valence-corrected chi connectivity index (χ1v) is 6.06. The Morgan fingerprint density at radius 2 is 1.88 bits per heavy atom. The van der Waals surface area contributed by atoms with Gasteiger partial charge in [-0.1, -0.05) is 41.7 Å². The van der Waals surface area contributed by atoms with Crippen LogP contribution in [0.1, 0.15) is 5.69 Å². The van der Waals surface area contributed by atoms with Gasteiger partial charge in [-0.15, -0.1) is 10.2 Å². The van der Waals surface area contributed by atoms with Gasteiger partial charge in [-0.25, -0.2) is 4.68 Å². The van der Waals surface area contributed by atoms with Crippen molar-refractivity contribution in [3.05, 3.63) is 48.3 Å². The SMILES string of the molecule is Cc1ccnn1-c1nnc(-c2ccccc2)s1. The highest BCUT2D eigenvalue weighted by atomic mass is 32.1. The zero-order chi connectivity index (χ0) is 11.7. The Hall–Kier alpha value is -2.01. The molecule has 0 radical (unpaired) electrons. The number of aromatic nitrogens is 4. The molecule has 17 heavy (non-hydrogen) atoms. The molecule has 0 N–H and O–H groups in total.